The topological polar surface area (TPSA) is 49.4 Å². The van der Waals surface area contributed by atoms with Gasteiger partial charge in [-0.05, 0) is 35.9 Å². The van der Waals surface area contributed by atoms with Gasteiger partial charge in [-0.25, -0.2) is 5.01 Å². The Bertz CT molecular complexity index is 741. The van der Waals surface area contributed by atoms with Gasteiger partial charge < -0.3 is 0 Å². The van der Waals surface area contributed by atoms with E-state index in [2.05, 4.69) is 21.4 Å². The second-order valence-corrected chi connectivity index (χ2v) is 5.45. The summed E-state index contributed by atoms with van der Waals surface area (Å²) >= 11 is 3.37. The summed E-state index contributed by atoms with van der Waals surface area (Å²) in [5.41, 5.74) is 4.11. The zero-order valence-corrected chi connectivity index (χ0v) is 12.5. The third-order valence-electron chi connectivity index (χ3n) is 3.07. The van der Waals surface area contributed by atoms with Crippen LogP contribution in [0.25, 0.3) is 6.08 Å². The van der Waals surface area contributed by atoms with Crippen LogP contribution in [0.2, 0.25) is 0 Å². The monoisotopic (exact) mass is 342 g/mol. The summed E-state index contributed by atoms with van der Waals surface area (Å²) in [5.74, 6) is -0.755. The number of rotatable bonds is 2. The lowest BCUT2D eigenvalue weighted by Crippen LogP contribution is -2.35. The van der Waals surface area contributed by atoms with Gasteiger partial charge in [-0.15, -0.1) is 0 Å². The highest BCUT2D eigenvalue weighted by atomic mass is 79.9. The number of hydrazine groups is 1. The molecule has 1 N–H and O–H groups in total. The molecule has 0 bridgehead atoms. The largest absolute Gasteiger partial charge is 0.282 e. The van der Waals surface area contributed by atoms with Crippen LogP contribution in [0.5, 0.6) is 0 Å². The third-order valence-corrected chi connectivity index (χ3v) is 3.56. The first kappa shape index (κ1) is 13.6. The van der Waals surface area contributed by atoms with Gasteiger partial charge in [-0.2, -0.15) is 0 Å². The van der Waals surface area contributed by atoms with Gasteiger partial charge in [0.25, 0.3) is 11.8 Å². The van der Waals surface area contributed by atoms with E-state index in [1.54, 1.807) is 18.2 Å². The molecule has 1 fully saturated rings. The zero-order valence-electron chi connectivity index (χ0n) is 10.9. The number of hydrogen-bond donors (Lipinski definition) is 1. The maximum Gasteiger partial charge on any atom is 0.282 e. The summed E-state index contributed by atoms with van der Waals surface area (Å²) in [6, 6.07) is 16.4. The van der Waals surface area contributed by atoms with Crippen molar-refractivity contribution < 1.29 is 9.59 Å². The van der Waals surface area contributed by atoms with Crippen molar-refractivity contribution in [3.05, 3.63) is 70.2 Å². The highest BCUT2D eigenvalue weighted by molar-refractivity contribution is 9.10. The Morgan fingerprint density at radius 1 is 1.00 bits per heavy atom. The molecule has 1 heterocycles. The van der Waals surface area contributed by atoms with Crippen molar-refractivity contribution in [3.8, 4) is 0 Å². The van der Waals surface area contributed by atoms with Crippen LogP contribution in [0.15, 0.2) is 64.6 Å². The normalized spacial score (nSPS) is 16.4. The number of hydrogen-bond acceptors (Lipinski definition) is 2. The van der Waals surface area contributed by atoms with Gasteiger partial charge in [0.15, 0.2) is 0 Å². The van der Waals surface area contributed by atoms with E-state index in [-0.39, 0.29) is 11.5 Å². The van der Waals surface area contributed by atoms with E-state index < -0.39 is 5.91 Å². The molecule has 0 aromatic heterocycles. The molecule has 5 heteroatoms. The zero-order chi connectivity index (χ0) is 14.8. The van der Waals surface area contributed by atoms with E-state index in [1.165, 1.54) is 5.01 Å². The number of carbonyl (C=O) groups is 2. The molecule has 2 aromatic rings. The number of carbonyl (C=O) groups excluding carboxylic acids is 2. The average Bonchev–Trinajstić information content (AvgIpc) is 2.76. The molecule has 4 nitrogen and oxygen atoms in total. The number of halogens is 1. The number of amides is 2. The van der Waals surface area contributed by atoms with Crippen LogP contribution in [0.1, 0.15) is 5.56 Å². The van der Waals surface area contributed by atoms with E-state index in [4.69, 9.17) is 0 Å². The number of nitrogens with one attached hydrogen (secondary N) is 1. The van der Waals surface area contributed by atoms with Gasteiger partial charge in [-0.1, -0.05) is 46.3 Å². The highest BCUT2D eigenvalue weighted by Crippen LogP contribution is 2.22. The molecule has 0 unspecified atom stereocenters. The summed E-state index contributed by atoms with van der Waals surface area (Å²) in [7, 11) is 0. The lowest BCUT2D eigenvalue weighted by Gasteiger charge is -2.13. The van der Waals surface area contributed by atoms with Gasteiger partial charge >= 0.3 is 0 Å². The number of benzene rings is 2. The molecule has 0 spiro atoms. The second kappa shape index (κ2) is 5.54. The van der Waals surface area contributed by atoms with Crippen molar-refractivity contribution in [1.29, 1.82) is 0 Å². The molecule has 3 rings (SSSR count). The average molecular weight is 343 g/mol. The van der Waals surface area contributed by atoms with Crippen molar-refractivity contribution in [2.75, 3.05) is 5.01 Å². The number of para-hydroxylation sites is 1. The smallest absolute Gasteiger partial charge is 0.267 e. The van der Waals surface area contributed by atoms with Crippen molar-refractivity contribution in [1.82, 2.24) is 5.43 Å². The molecule has 1 aliphatic heterocycles. The quantitative estimate of drug-likeness (QED) is 0.673. The van der Waals surface area contributed by atoms with E-state index >= 15 is 0 Å². The van der Waals surface area contributed by atoms with Crippen LogP contribution in [0.3, 0.4) is 0 Å². The molecule has 1 aliphatic rings. The second-order valence-electron chi connectivity index (χ2n) is 4.53. The van der Waals surface area contributed by atoms with Gasteiger partial charge in [-0.3, -0.25) is 15.0 Å². The Morgan fingerprint density at radius 3 is 2.48 bits per heavy atom. The third kappa shape index (κ3) is 2.73. The van der Waals surface area contributed by atoms with Gasteiger partial charge in [0.2, 0.25) is 0 Å². The molecule has 0 saturated carbocycles. The van der Waals surface area contributed by atoms with Gasteiger partial charge in [0, 0.05) is 4.47 Å². The molecular weight excluding hydrogens is 332 g/mol. The predicted octanol–water partition coefficient (Wildman–Crippen LogP) is 2.91. The Kier molecular flexibility index (Phi) is 3.58. The van der Waals surface area contributed by atoms with Crippen LogP contribution in [0, 0.1) is 0 Å². The van der Waals surface area contributed by atoms with E-state index in [0.29, 0.717) is 5.69 Å². The first-order valence-electron chi connectivity index (χ1n) is 6.33. The van der Waals surface area contributed by atoms with Gasteiger partial charge in [0.1, 0.15) is 5.57 Å². The Hall–Kier alpha value is -2.40. The van der Waals surface area contributed by atoms with Crippen LogP contribution < -0.4 is 10.4 Å². The van der Waals surface area contributed by atoms with E-state index in [9.17, 15) is 9.59 Å². The van der Waals surface area contributed by atoms with Crippen molar-refractivity contribution in [2.24, 2.45) is 0 Å². The summed E-state index contributed by atoms with van der Waals surface area (Å²) in [6.45, 7) is 0. The fraction of sp³-hybridized carbons (Fsp3) is 0. The van der Waals surface area contributed by atoms with Crippen LogP contribution in [-0.2, 0) is 9.59 Å². The molecule has 0 aliphatic carbocycles. The first-order chi connectivity index (χ1) is 10.1. The summed E-state index contributed by atoms with van der Waals surface area (Å²) in [5, 5.41) is 1.26. The molecule has 0 radical (unpaired) electrons. The minimum absolute atomic E-state index is 0.122. The van der Waals surface area contributed by atoms with Crippen LogP contribution in [-0.4, -0.2) is 11.8 Å². The summed E-state index contributed by atoms with van der Waals surface area (Å²) < 4.78 is 0.891. The summed E-state index contributed by atoms with van der Waals surface area (Å²) in [6.07, 6.45) is 1.59. The van der Waals surface area contributed by atoms with Gasteiger partial charge in [0.05, 0.1) is 5.69 Å². The molecule has 1 saturated heterocycles. The fourth-order valence-corrected chi connectivity index (χ4v) is 2.50. The maximum atomic E-state index is 12.4. The van der Waals surface area contributed by atoms with Crippen molar-refractivity contribution >= 4 is 39.5 Å². The molecule has 0 atom stereocenters. The lowest BCUT2D eigenvalue weighted by molar-refractivity contribution is -0.117. The first-order valence-corrected chi connectivity index (χ1v) is 7.12. The van der Waals surface area contributed by atoms with Crippen LogP contribution >= 0.6 is 15.9 Å². The Morgan fingerprint density at radius 2 is 1.76 bits per heavy atom. The minimum atomic E-state index is -0.399. The molecular formula is C16H11BrN2O2. The predicted molar refractivity (Wildman–Crippen MR) is 84.2 cm³/mol. The maximum absolute atomic E-state index is 12.4. The van der Waals surface area contributed by atoms with E-state index in [0.717, 1.165) is 10.0 Å². The molecule has 2 amide bonds. The molecule has 21 heavy (non-hydrogen) atoms. The van der Waals surface area contributed by atoms with E-state index in [1.807, 2.05) is 42.5 Å². The fourth-order valence-electron chi connectivity index (χ4n) is 2.08. The Balaban J connectivity index is 1.94. The van der Waals surface area contributed by atoms with Crippen LogP contribution in [0.4, 0.5) is 5.69 Å². The molecule has 104 valence electrons. The highest BCUT2D eigenvalue weighted by Gasteiger charge is 2.34. The number of anilines is 1. The summed E-state index contributed by atoms with van der Waals surface area (Å²) in [4.78, 5) is 24.4. The number of nitrogens with zero attached hydrogens (tertiary/aromatic N) is 1. The van der Waals surface area contributed by atoms with Crippen molar-refractivity contribution in [2.45, 2.75) is 0 Å². The lowest BCUT2D eigenvalue weighted by atomic mass is 10.1. The van der Waals surface area contributed by atoms with Crippen molar-refractivity contribution in [3.63, 3.8) is 0 Å². The SMILES string of the molecule is O=C1NN(c2ccccc2)C(=O)C1=Cc1cccc(Br)c1. The Labute approximate surface area is 130 Å². The molecule has 2 aromatic carbocycles. The standard InChI is InChI=1S/C16H11BrN2O2/c17-12-6-4-5-11(9-12)10-14-15(20)18-19(16(14)21)13-7-2-1-3-8-13/h1-10H,(H,18,20). The minimum Gasteiger partial charge on any atom is -0.267 e.